The topological polar surface area (TPSA) is 105 Å². The van der Waals surface area contributed by atoms with Gasteiger partial charge < -0.3 is 14.8 Å². The van der Waals surface area contributed by atoms with Gasteiger partial charge in [-0.15, -0.1) is 0 Å². The van der Waals surface area contributed by atoms with Gasteiger partial charge in [0.1, 0.15) is 17.4 Å². The van der Waals surface area contributed by atoms with Crippen molar-refractivity contribution in [2.45, 2.75) is 12.8 Å². The number of carbonyl (C=O) groups is 3. The van der Waals surface area contributed by atoms with E-state index in [1.165, 1.54) is 6.08 Å². The number of aryl methyl sites for hydroxylation is 1. The lowest BCUT2D eigenvalue weighted by molar-refractivity contribution is -0.137. The molecule has 2 aromatic carbocycles. The predicted octanol–water partition coefficient (Wildman–Crippen LogP) is 2.91. The average Bonchev–Trinajstić information content (AvgIpc) is 2.75. The van der Waals surface area contributed by atoms with Crippen LogP contribution in [-0.2, 0) is 20.7 Å². The summed E-state index contributed by atoms with van der Waals surface area (Å²) in [5.74, 6) is -0.668. The highest BCUT2D eigenvalue weighted by Crippen LogP contribution is 2.24. The highest BCUT2D eigenvalue weighted by molar-refractivity contribution is 6.02. The van der Waals surface area contributed by atoms with Gasteiger partial charge in [-0.1, -0.05) is 12.1 Å². The van der Waals surface area contributed by atoms with Crippen LogP contribution < -0.4 is 10.1 Å². The van der Waals surface area contributed by atoms with E-state index >= 15 is 0 Å². The first-order valence-corrected chi connectivity index (χ1v) is 8.89. The molecule has 0 atom stereocenters. The van der Waals surface area contributed by atoms with Crippen LogP contribution in [0.5, 0.6) is 5.75 Å². The Kier molecular flexibility index (Phi) is 6.05. The van der Waals surface area contributed by atoms with E-state index in [1.54, 1.807) is 55.6 Å². The van der Waals surface area contributed by atoms with E-state index in [0.29, 0.717) is 35.4 Å². The summed E-state index contributed by atoms with van der Waals surface area (Å²) in [6.07, 6.45) is 2.29. The molecule has 1 N–H and O–H groups in total. The fraction of sp³-hybridized carbons (Fsp3) is 0.182. The molecule has 0 fully saturated rings. The van der Waals surface area contributed by atoms with Crippen LogP contribution in [0.25, 0.3) is 6.08 Å². The molecule has 2 aromatic rings. The molecule has 0 unspecified atom stereocenters. The molecule has 1 aliphatic heterocycles. The minimum atomic E-state index is -0.873. The Morgan fingerprint density at radius 2 is 1.93 bits per heavy atom. The van der Waals surface area contributed by atoms with E-state index in [1.807, 2.05) is 0 Å². The number of benzene rings is 2. The average molecular weight is 390 g/mol. The number of nitrogens with one attached hydrogen (secondary N) is 1. The van der Waals surface area contributed by atoms with Crippen molar-refractivity contribution >= 4 is 29.4 Å². The number of hydrogen-bond donors (Lipinski definition) is 1. The van der Waals surface area contributed by atoms with Crippen LogP contribution in [0.15, 0.2) is 48.0 Å². The molecule has 0 radical (unpaired) electrons. The SMILES string of the molecule is COc1ccc(/C=C(\C#N)C(=O)OCC(=O)c2ccc3c(c2)CCC(=O)N3)cc1. The van der Waals surface area contributed by atoms with Gasteiger partial charge in [0.05, 0.1) is 7.11 Å². The molecule has 146 valence electrons. The Labute approximate surface area is 167 Å². The quantitative estimate of drug-likeness (QED) is 0.352. The number of carbonyl (C=O) groups excluding carboxylic acids is 3. The lowest BCUT2D eigenvalue weighted by Gasteiger charge is -2.17. The van der Waals surface area contributed by atoms with Gasteiger partial charge in [-0.2, -0.15) is 5.26 Å². The van der Waals surface area contributed by atoms with Crippen LogP contribution in [0, 0.1) is 11.3 Å². The van der Waals surface area contributed by atoms with Crippen molar-refractivity contribution in [1.29, 1.82) is 5.26 Å². The summed E-state index contributed by atoms with van der Waals surface area (Å²) in [5, 5.41) is 12.0. The number of methoxy groups -OCH3 is 1. The van der Waals surface area contributed by atoms with Crippen LogP contribution in [0.3, 0.4) is 0 Å². The van der Waals surface area contributed by atoms with Crippen LogP contribution in [-0.4, -0.2) is 31.4 Å². The highest BCUT2D eigenvalue weighted by Gasteiger charge is 2.18. The number of ether oxygens (including phenoxy) is 2. The minimum absolute atomic E-state index is 0.0572. The van der Waals surface area contributed by atoms with Gasteiger partial charge in [-0.25, -0.2) is 4.79 Å². The van der Waals surface area contributed by atoms with Gasteiger partial charge in [0.15, 0.2) is 12.4 Å². The van der Waals surface area contributed by atoms with Crippen molar-refractivity contribution in [3.8, 4) is 11.8 Å². The van der Waals surface area contributed by atoms with Crippen molar-refractivity contribution in [2.24, 2.45) is 0 Å². The summed E-state index contributed by atoms with van der Waals surface area (Å²) >= 11 is 0. The summed E-state index contributed by atoms with van der Waals surface area (Å²) in [4.78, 5) is 35.9. The molecule has 7 heteroatoms. The zero-order chi connectivity index (χ0) is 20.8. The Balaban J connectivity index is 1.64. The van der Waals surface area contributed by atoms with Crippen LogP contribution in [0.2, 0.25) is 0 Å². The number of nitriles is 1. The first-order valence-electron chi connectivity index (χ1n) is 8.89. The summed E-state index contributed by atoms with van der Waals surface area (Å²) in [5.41, 5.74) is 2.34. The van der Waals surface area contributed by atoms with Gasteiger partial charge in [0.2, 0.25) is 5.91 Å². The smallest absolute Gasteiger partial charge is 0.349 e. The molecule has 0 saturated heterocycles. The summed E-state index contributed by atoms with van der Waals surface area (Å²) in [6, 6.07) is 13.5. The second-order valence-electron chi connectivity index (χ2n) is 6.36. The third-order valence-electron chi connectivity index (χ3n) is 4.42. The molecular weight excluding hydrogens is 372 g/mol. The molecule has 1 amide bonds. The van der Waals surface area contributed by atoms with E-state index < -0.39 is 12.6 Å². The molecule has 29 heavy (non-hydrogen) atoms. The number of esters is 1. The van der Waals surface area contributed by atoms with Crippen molar-refractivity contribution in [2.75, 3.05) is 19.0 Å². The highest BCUT2D eigenvalue weighted by atomic mass is 16.5. The van der Waals surface area contributed by atoms with Crippen molar-refractivity contribution in [3.63, 3.8) is 0 Å². The Hall–Kier alpha value is -3.92. The number of fused-ring (bicyclic) bond motifs is 1. The van der Waals surface area contributed by atoms with Gasteiger partial charge in [0.25, 0.3) is 0 Å². The van der Waals surface area contributed by atoms with E-state index in [9.17, 15) is 19.6 Å². The minimum Gasteiger partial charge on any atom is -0.497 e. The number of amides is 1. The fourth-order valence-corrected chi connectivity index (χ4v) is 2.85. The summed E-state index contributed by atoms with van der Waals surface area (Å²) in [7, 11) is 1.54. The zero-order valence-electron chi connectivity index (χ0n) is 15.7. The van der Waals surface area contributed by atoms with Gasteiger partial charge in [-0.05, 0) is 54.0 Å². The number of nitrogens with zero attached hydrogens (tertiary/aromatic N) is 1. The van der Waals surface area contributed by atoms with Crippen molar-refractivity contribution < 1.29 is 23.9 Å². The number of Topliss-reactive ketones (excluding diaryl/α,β-unsaturated/α-hetero) is 1. The van der Waals surface area contributed by atoms with E-state index in [-0.39, 0.29) is 17.3 Å². The monoisotopic (exact) mass is 390 g/mol. The maximum Gasteiger partial charge on any atom is 0.349 e. The molecule has 0 aromatic heterocycles. The van der Waals surface area contributed by atoms with Gasteiger partial charge in [-0.3, -0.25) is 9.59 Å². The molecule has 0 bridgehead atoms. The van der Waals surface area contributed by atoms with Crippen LogP contribution >= 0.6 is 0 Å². The Morgan fingerprint density at radius 1 is 1.17 bits per heavy atom. The second kappa shape index (κ2) is 8.85. The number of anilines is 1. The third-order valence-corrected chi connectivity index (χ3v) is 4.42. The Morgan fingerprint density at radius 3 is 2.62 bits per heavy atom. The maximum absolute atomic E-state index is 12.4. The second-order valence-corrected chi connectivity index (χ2v) is 6.36. The summed E-state index contributed by atoms with van der Waals surface area (Å²) in [6.45, 7) is -0.481. The molecule has 3 rings (SSSR count). The molecule has 1 aliphatic rings. The molecule has 0 spiro atoms. The molecular formula is C22H18N2O5. The van der Waals surface area contributed by atoms with Gasteiger partial charge >= 0.3 is 5.97 Å². The lowest BCUT2D eigenvalue weighted by Crippen LogP contribution is -2.20. The zero-order valence-corrected chi connectivity index (χ0v) is 15.7. The van der Waals surface area contributed by atoms with Crippen molar-refractivity contribution in [3.05, 3.63) is 64.7 Å². The van der Waals surface area contributed by atoms with Gasteiger partial charge in [0, 0.05) is 17.7 Å². The number of rotatable bonds is 6. The standard InChI is InChI=1S/C22H18N2O5/c1-28-18-6-2-14(3-7-18)10-17(12-23)22(27)29-13-20(25)16-4-8-19-15(11-16)5-9-21(26)24-19/h2-4,6-8,10-11H,5,9,13H2,1H3,(H,24,26)/b17-10+. The molecule has 1 heterocycles. The maximum atomic E-state index is 12.4. The Bertz CT molecular complexity index is 1030. The molecule has 0 saturated carbocycles. The first kappa shape index (κ1) is 19.8. The first-order chi connectivity index (χ1) is 14.0. The van der Waals surface area contributed by atoms with E-state index in [2.05, 4.69) is 5.32 Å². The number of hydrogen-bond acceptors (Lipinski definition) is 6. The predicted molar refractivity (Wildman–Crippen MR) is 105 cm³/mol. The third kappa shape index (κ3) is 4.87. The van der Waals surface area contributed by atoms with Crippen molar-refractivity contribution in [1.82, 2.24) is 0 Å². The van der Waals surface area contributed by atoms with E-state index in [0.717, 1.165) is 5.56 Å². The summed E-state index contributed by atoms with van der Waals surface area (Å²) < 4.78 is 10.1. The fourth-order valence-electron chi connectivity index (χ4n) is 2.85. The van der Waals surface area contributed by atoms with E-state index in [4.69, 9.17) is 9.47 Å². The lowest BCUT2D eigenvalue weighted by atomic mass is 9.99. The molecule has 7 nitrogen and oxygen atoms in total. The molecule has 0 aliphatic carbocycles. The van der Waals surface area contributed by atoms with Crippen LogP contribution in [0.4, 0.5) is 5.69 Å². The number of ketones is 1. The normalized spacial score (nSPS) is 13.0. The largest absolute Gasteiger partial charge is 0.497 e. The van der Waals surface area contributed by atoms with Crippen LogP contribution in [0.1, 0.15) is 27.9 Å².